The Bertz CT molecular complexity index is 620. The lowest BCUT2D eigenvalue weighted by atomic mass is 9.80. The summed E-state index contributed by atoms with van der Waals surface area (Å²) >= 11 is 0. The van der Waals surface area contributed by atoms with Gasteiger partial charge in [-0.15, -0.1) is 0 Å². The Morgan fingerprint density at radius 1 is 0.950 bits per heavy atom. The van der Waals surface area contributed by atoms with E-state index in [-0.39, 0.29) is 17.8 Å². The minimum Gasteiger partial charge on any atom is -0.489 e. The predicted octanol–water partition coefficient (Wildman–Crippen LogP) is 1.36. The van der Waals surface area contributed by atoms with Crippen LogP contribution in [0.15, 0.2) is 36.4 Å². The maximum absolute atomic E-state index is 13.2. The largest absolute Gasteiger partial charge is 0.489 e. The van der Waals surface area contributed by atoms with Crippen molar-refractivity contribution in [3.63, 3.8) is 0 Å². The topological polar surface area (TPSA) is 49.7 Å². The number of hydrogen-bond donors (Lipinski definition) is 2. The van der Waals surface area contributed by atoms with Crippen molar-refractivity contribution < 1.29 is 28.0 Å². The van der Waals surface area contributed by atoms with Crippen LogP contribution in [0, 0.1) is 17.5 Å². The van der Waals surface area contributed by atoms with E-state index in [0.29, 0.717) is 5.56 Å². The van der Waals surface area contributed by atoms with Crippen molar-refractivity contribution in [2.45, 2.75) is 6.61 Å². The Hall–Kier alpha value is -1.99. The van der Waals surface area contributed by atoms with Gasteiger partial charge in [-0.05, 0) is 35.3 Å². The van der Waals surface area contributed by atoms with Gasteiger partial charge in [0.25, 0.3) is 0 Å². The van der Waals surface area contributed by atoms with Crippen molar-refractivity contribution in [2.75, 3.05) is 0 Å². The van der Waals surface area contributed by atoms with Crippen LogP contribution in [0.1, 0.15) is 5.56 Å². The van der Waals surface area contributed by atoms with E-state index < -0.39 is 24.6 Å². The fraction of sp³-hybridized carbons (Fsp3) is 0.0769. The zero-order chi connectivity index (χ0) is 14.7. The highest BCUT2D eigenvalue weighted by Crippen LogP contribution is 2.15. The molecule has 0 aliphatic rings. The molecule has 2 aromatic rings. The molecule has 0 aromatic heterocycles. The van der Waals surface area contributed by atoms with E-state index in [1.165, 1.54) is 12.1 Å². The molecule has 104 valence electrons. The first-order valence-corrected chi connectivity index (χ1v) is 5.69. The van der Waals surface area contributed by atoms with Crippen LogP contribution in [0.5, 0.6) is 5.75 Å². The highest BCUT2D eigenvalue weighted by molar-refractivity contribution is 6.58. The van der Waals surface area contributed by atoms with E-state index in [9.17, 15) is 13.2 Å². The van der Waals surface area contributed by atoms with Gasteiger partial charge >= 0.3 is 7.12 Å². The molecular formula is C13H10BF3O3. The van der Waals surface area contributed by atoms with Crippen molar-refractivity contribution in [3.8, 4) is 5.75 Å². The average molecular weight is 282 g/mol. The molecule has 0 saturated carbocycles. The van der Waals surface area contributed by atoms with Gasteiger partial charge in [0.05, 0.1) is 0 Å². The van der Waals surface area contributed by atoms with E-state index >= 15 is 0 Å². The first kappa shape index (κ1) is 14.4. The Balaban J connectivity index is 2.12. The Labute approximate surface area is 113 Å². The SMILES string of the molecule is OB(O)c1cc(F)cc(OCc2ccc(F)c(F)c2)c1. The molecule has 0 radical (unpaired) electrons. The van der Waals surface area contributed by atoms with Crippen LogP contribution in [-0.2, 0) is 6.61 Å². The lowest BCUT2D eigenvalue weighted by Gasteiger charge is -2.09. The van der Waals surface area contributed by atoms with Crippen LogP contribution >= 0.6 is 0 Å². The van der Waals surface area contributed by atoms with Gasteiger partial charge in [-0.3, -0.25) is 0 Å². The fourth-order valence-corrected chi connectivity index (χ4v) is 1.61. The van der Waals surface area contributed by atoms with Crippen LogP contribution in [0.25, 0.3) is 0 Å². The number of ether oxygens (including phenoxy) is 1. The highest BCUT2D eigenvalue weighted by Gasteiger charge is 2.14. The normalized spacial score (nSPS) is 10.4. The molecule has 20 heavy (non-hydrogen) atoms. The lowest BCUT2D eigenvalue weighted by Crippen LogP contribution is -2.30. The van der Waals surface area contributed by atoms with Crippen molar-refractivity contribution in [2.24, 2.45) is 0 Å². The molecule has 0 bridgehead atoms. The molecule has 0 aliphatic heterocycles. The monoisotopic (exact) mass is 282 g/mol. The minimum atomic E-state index is -1.82. The van der Waals surface area contributed by atoms with Crippen LogP contribution in [0.3, 0.4) is 0 Å². The van der Waals surface area contributed by atoms with Crippen LogP contribution < -0.4 is 10.2 Å². The highest BCUT2D eigenvalue weighted by atomic mass is 19.2. The number of benzene rings is 2. The summed E-state index contributed by atoms with van der Waals surface area (Å²) in [4.78, 5) is 0. The first-order chi connectivity index (χ1) is 9.45. The van der Waals surface area contributed by atoms with Gasteiger partial charge in [0, 0.05) is 6.07 Å². The second-order valence-corrected chi connectivity index (χ2v) is 4.13. The number of halogens is 3. The van der Waals surface area contributed by atoms with Crippen molar-refractivity contribution in [1.82, 2.24) is 0 Å². The van der Waals surface area contributed by atoms with Crippen LogP contribution in [0.4, 0.5) is 13.2 Å². The third-order valence-electron chi connectivity index (χ3n) is 2.58. The average Bonchev–Trinajstić information content (AvgIpc) is 2.39. The van der Waals surface area contributed by atoms with Crippen molar-refractivity contribution in [3.05, 3.63) is 59.4 Å². The van der Waals surface area contributed by atoms with Gasteiger partial charge in [-0.2, -0.15) is 0 Å². The maximum Gasteiger partial charge on any atom is 0.488 e. The quantitative estimate of drug-likeness (QED) is 0.832. The maximum atomic E-state index is 13.2. The van der Waals surface area contributed by atoms with Gasteiger partial charge < -0.3 is 14.8 Å². The summed E-state index contributed by atoms with van der Waals surface area (Å²) in [6.45, 7) is -0.110. The molecule has 2 N–H and O–H groups in total. The Morgan fingerprint density at radius 2 is 1.70 bits per heavy atom. The molecule has 0 aliphatic carbocycles. The molecule has 0 amide bonds. The fourth-order valence-electron chi connectivity index (χ4n) is 1.61. The summed E-state index contributed by atoms with van der Waals surface area (Å²) in [5.74, 6) is -2.62. The second-order valence-electron chi connectivity index (χ2n) is 4.13. The standard InChI is InChI=1S/C13H10BF3O3/c15-10-4-9(14(18)19)5-11(6-10)20-7-8-1-2-12(16)13(17)3-8/h1-6,18-19H,7H2. The third kappa shape index (κ3) is 3.52. The van der Waals surface area contributed by atoms with Gasteiger partial charge in [-0.25, -0.2) is 13.2 Å². The molecule has 0 saturated heterocycles. The molecule has 0 fully saturated rings. The van der Waals surface area contributed by atoms with E-state index in [2.05, 4.69) is 0 Å². The minimum absolute atomic E-state index is 0.0535. The van der Waals surface area contributed by atoms with Crippen LogP contribution in [0.2, 0.25) is 0 Å². The Morgan fingerprint density at radius 3 is 2.35 bits per heavy atom. The van der Waals surface area contributed by atoms with Crippen LogP contribution in [-0.4, -0.2) is 17.2 Å². The molecule has 0 unspecified atom stereocenters. The lowest BCUT2D eigenvalue weighted by molar-refractivity contribution is 0.303. The Kier molecular flexibility index (Phi) is 4.31. The van der Waals surface area contributed by atoms with E-state index in [4.69, 9.17) is 14.8 Å². The van der Waals surface area contributed by atoms with Gasteiger partial charge in [0.15, 0.2) is 11.6 Å². The number of rotatable bonds is 4. The zero-order valence-corrected chi connectivity index (χ0v) is 10.2. The zero-order valence-electron chi connectivity index (χ0n) is 10.2. The summed E-state index contributed by atoms with van der Waals surface area (Å²) in [7, 11) is -1.82. The molecule has 0 atom stereocenters. The number of hydrogen-bond acceptors (Lipinski definition) is 3. The van der Waals surface area contributed by atoms with Gasteiger partial charge in [0.2, 0.25) is 0 Å². The second kappa shape index (κ2) is 5.98. The summed E-state index contributed by atoms with van der Waals surface area (Å²) in [6, 6.07) is 6.51. The summed E-state index contributed by atoms with van der Waals surface area (Å²) in [5, 5.41) is 17.9. The van der Waals surface area contributed by atoms with Gasteiger partial charge in [0.1, 0.15) is 18.2 Å². The first-order valence-electron chi connectivity index (χ1n) is 5.69. The van der Waals surface area contributed by atoms with Crippen molar-refractivity contribution in [1.29, 1.82) is 0 Å². The molecule has 3 nitrogen and oxygen atoms in total. The smallest absolute Gasteiger partial charge is 0.488 e. The summed E-state index contributed by atoms with van der Waals surface area (Å²) in [5.41, 5.74) is 0.296. The van der Waals surface area contributed by atoms with Crippen molar-refractivity contribution >= 4 is 12.6 Å². The third-order valence-corrected chi connectivity index (χ3v) is 2.58. The van der Waals surface area contributed by atoms with E-state index in [1.807, 2.05) is 0 Å². The molecular weight excluding hydrogens is 272 g/mol. The summed E-state index contributed by atoms with van der Waals surface area (Å²) < 4.78 is 44.1. The van der Waals surface area contributed by atoms with E-state index in [1.54, 1.807) is 0 Å². The van der Waals surface area contributed by atoms with E-state index in [0.717, 1.165) is 24.3 Å². The molecule has 2 aromatic carbocycles. The van der Waals surface area contributed by atoms with Gasteiger partial charge in [-0.1, -0.05) is 6.07 Å². The summed E-state index contributed by atoms with van der Waals surface area (Å²) in [6.07, 6.45) is 0. The predicted molar refractivity (Wildman–Crippen MR) is 66.9 cm³/mol. The molecule has 7 heteroatoms. The molecule has 0 heterocycles. The molecule has 0 spiro atoms. The molecule has 2 rings (SSSR count).